The highest BCUT2D eigenvalue weighted by Gasteiger charge is 2.40. The molecule has 2 fully saturated rings. The van der Waals surface area contributed by atoms with Crippen LogP contribution in [0.3, 0.4) is 0 Å². The summed E-state index contributed by atoms with van der Waals surface area (Å²) < 4.78 is 0. The van der Waals surface area contributed by atoms with Crippen LogP contribution in [-0.2, 0) is 13.1 Å². The fourth-order valence-electron chi connectivity index (χ4n) is 4.29. The number of hydrogen-bond donors (Lipinski definition) is 1. The SMILES string of the molecule is O=C(O)c1ccc(CN2C[C@H]3CCN(Cc4ccccc4)[C@H]3C2)cc1. The first-order chi connectivity index (χ1) is 12.2. The molecular formula is C21H24N2O2. The quantitative estimate of drug-likeness (QED) is 0.911. The minimum absolute atomic E-state index is 0.357. The summed E-state index contributed by atoms with van der Waals surface area (Å²) in [5.41, 5.74) is 2.95. The molecule has 0 radical (unpaired) electrons. The number of carbonyl (C=O) groups is 1. The second-order valence-corrected chi connectivity index (χ2v) is 7.27. The lowest BCUT2D eigenvalue weighted by Gasteiger charge is -2.25. The topological polar surface area (TPSA) is 43.8 Å². The van der Waals surface area contributed by atoms with Crippen LogP contribution in [0.15, 0.2) is 54.6 Å². The fraction of sp³-hybridized carbons (Fsp3) is 0.381. The first-order valence-corrected chi connectivity index (χ1v) is 9.01. The number of carboxylic acids is 1. The van der Waals surface area contributed by atoms with Crippen molar-refractivity contribution in [3.63, 3.8) is 0 Å². The van der Waals surface area contributed by atoms with Gasteiger partial charge in [0.15, 0.2) is 0 Å². The summed E-state index contributed by atoms with van der Waals surface area (Å²) in [5.74, 6) is -0.0965. The summed E-state index contributed by atoms with van der Waals surface area (Å²) in [6.07, 6.45) is 1.28. The lowest BCUT2D eigenvalue weighted by Crippen LogP contribution is -2.34. The number of nitrogens with zero attached hydrogens (tertiary/aromatic N) is 2. The third kappa shape index (κ3) is 3.60. The molecule has 4 heteroatoms. The van der Waals surface area contributed by atoms with Crippen LogP contribution in [0.4, 0.5) is 0 Å². The zero-order valence-corrected chi connectivity index (χ0v) is 14.3. The molecule has 4 rings (SSSR count). The Hall–Kier alpha value is -2.17. The Kier molecular flexibility index (Phi) is 4.55. The number of likely N-dealkylation sites (tertiary alicyclic amines) is 2. The fourth-order valence-corrected chi connectivity index (χ4v) is 4.29. The lowest BCUT2D eigenvalue weighted by molar-refractivity contribution is 0.0697. The monoisotopic (exact) mass is 336 g/mol. The van der Waals surface area contributed by atoms with Gasteiger partial charge in [-0.05, 0) is 42.1 Å². The number of rotatable bonds is 5. The summed E-state index contributed by atoms with van der Waals surface area (Å²) in [7, 11) is 0. The minimum Gasteiger partial charge on any atom is -0.478 e. The third-order valence-electron chi connectivity index (χ3n) is 5.57. The molecule has 25 heavy (non-hydrogen) atoms. The van der Waals surface area contributed by atoms with Crippen molar-refractivity contribution in [2.45, 2.75) is 25.6 Å². The minimum atomic E-state index is -0.862. The Balaban J connectivity index is 1.37. The van der Waals surface area contributed by atoms with E-state index in [1.807, 2.05) is 12.1 Å². The molecule has 0 bridgehead atoms. The van der Waals surface area contributed by atoms with Crippen molar-refractivity contribution in [1.29, 1.82) is 0 Å². The van der Waals surface area contributed by atoms with Crippen LogP contribution in [0.25, 0.3) is 0 Å². The molecule has 0 unspecified atom stereocenters. The van der Waals surface area contributed by atoms with Gasteiger partial charge in [-0.1, -0.05) is 42.5 Å². The van der Waals surface area contributed by atoms with Crippen molar-refractivity contribution in [3.05, 3.63) is 71.3 Å². The second kappa shape index (κ2) is 6.98. The Labute approximate surface area is 148 Å². The average Bonchev–Trinajstić information content (AvgIpc) is 3.18. The van der Waals surface area contributed by atoms with E-state index in [0.29, 0.717) is 11.6 Å². The van der Waals surface area contributed by atoms with Gasteiger partial charge in [-0.2, -0.15) is 0 Å². The van der Waals surface area contributed by atoms with E-state index < -0.39 is 5.97 Å². The van der Waals surface area contributed by atoms with Crippen LogP contribution in [0.1, 0.15) is 27.9 Å². The number of fused-ring (bicyclic) bond motifs is 1. The molecule has 2 aromatic rings. The van der Waals surface area contributed by atoms with E-state index in [1.165, 1.54) is 24.1 Å². The molecule has 0 saturated carbocycles. The van der Waals surface area contributed by atoms with Crippen molar-refractivity contribution < 1.29 is 9.90 Å². The van der Waals surface area contributed by atoms with Crippen LogP contribution < -0.4 is 0 Å². The van der Waals surface area contributed by atoms with Gasteiger partial charge in [-0.15, -0.1) is 0 Å². The highest BCUT2D eigenvalue weighted by Crippen LogP contribution is 2.33. The Morgan fingerprint density at radius 1 is 0.960 bits per heavy atom. The van der Waals surface area contributed by atoms with Crippen molar-refractivity contribution in [3.8, 4) is 0 Å². The van der Waals surface area contributed by atoms with Crippen LogP contribution in [-0.4, -0.2) is 46.6 Å². The number of aromatic carboxylic acids is 1. The number of hydrogen-bond acceptors (Lipinski definition) is 3. The van der Waals surface area contributed by atoms with Crippen molar-refractivity contribution in [2.24, 2.45) is 5.92 Å². The van der Waals surface area contributed by atoms with Gasteiger partial charge in [0.25, 0.3) is 0 Å². The van der Waals surface area contributed by atoms with Gasteiger partial charge in [0.05, 0.1) is 5.56 Å². The maximum absolute atomic E-state index is 11.0. The van der Waals surface area contributed by atoms with Gasteiger partial charge in [-0.3, -0.25) is 9.80 Å². The Morgan fingerprint density at radius 3 is 2.40 bits per heavy atom. The zero-order chi connectivity index (χ0) is 17.2. The van der Waals surface area contributed by atoms with Gasteiger partial charge >= 0.3 is 5.97 Å². The molecule has 0 aliphatic carbocycles. The van der Waals surface area contributed by atoms with E-state index >= 15 is 0 Å². The zero-order valence-electron chi connectivity index (χ0n) is 14.3. The van der Waals surface area contributed by atoms with E-state index in [-0.39, 0.29) is 0 Å². The predicted molar refractivity (Wildman–Crippen MR) is 97.4 cm³/mol. The first-order valence-electron chi connectivity index (χ1n) is 9.01. The number of carboxylic acid groups (broad SMARTS) is 1. The molecule has 2 aliphatic heterocycles. The highest BCUT2D eigenvalue weighted by atomic mass is 16.4. The van der Waals surface area contributed by atoms with Gasteiger partial charge in [0, 0.05) is 32.2 Å². The van der Waals surface area contributed by atoms with E-state index in [2.05, 4.69) is 40.1 Å². The molecule has 2 heterocycles. The van der Waals surface area contributed by atoms with E-state index in [4.69, 9.17) is 5.11 Å². The molecule has 2 aromatic carbocycles. The molecule has 1 N–H and O–H groups in total. The summed E-state index contributed by atoms with van der Waals surface area (Å²) >= 11 is 0. The molecule has 0 amide bonds. The molecule has 2 saturated heterocycles. The van der Waals surface area contributed by atoms with Crippen LogP contribution >= 0.6 is 0 Å². The van der Waals surface area contributed by atoms with Crippen LogP contribution in [0.5, 0.6) is 0 Å². The molecular weight excluding hydrogens is 312 g/mol. The molecule has 2 atom stereocenters. The molecule has 4 nitrogen and oxygen atoms in total. The molecule has 0 aromatic heterocycles. The maximum atomic E-state index is 11.0. The summed E-state index contributed by atoms with van der Waals surface area (Å²) in [6.45, 7) is 5.41. The standard InChI is InChI=1S/C21H24N2O2/c24-21(25)18-8-6-17(7-9-18)12-22-14-19-10-11-23(20(19)15-22)13-16-4-2-1-3-5-16/h1-9,19-20H,10-15H2,(H,24,25)/t19-,20+/m1/s1. The van der Waals surface area contributed by atoms with Gasteiger partial charge in [0.1, 0.15) is 0 Å². The van der Waals surface area contributed by atoms with Gasteiger partial charge in [0.2, 0.25) is 0 Å². The highest BCUT2D eigenvalue weighted by molar-refractivity contribution is 5.87. The van der Waals surface area contributed by atoms with Crippen molar-refractivity contribution in [2.75, 3.05) is 19.6 Å². The normalized spacial score (nSPS) is 23.7. The van der Waals surface area contributed by atoms with Crippen LogP contribution in [0.2, 0.25) is 0 Å². The van der Waals surface area contributed by atoms with Crippen LogP contribution in [0, 0.1) is 5.92 Å². The summed E-state index contributed by atoms with van der Waals surface area (Å²) in [6, 6.07) is 18.7. The maximum Gasteiger partial charge on any atom is 0.335 e. The average molecular weight is 336 g/mol. The summed E-state index contributed by atoms with van der Waals surface area (Å²) in [4.78, 5) is 16.1. The van der Waals surface area contributed by atoms with E-state index in [1.54, 1.807) is 12.1 Å². The Bertz CT molecular complexity index is 729. The molecule has 2 aliphatic rings. The molecule has 0 spiro atoms. The number of benzene rings is 2. The Morgan fingerprint density at radius 2 is 1.68 bits per heavy atom. The van der Waals surface area contributed by atoms with Gasteiger partial charge < -0.3 is 5.11 Å². The van der Waals surface area contributed by atoms with E-state index in [9.17, 15) is 4.79 Å². The lowest BCUT2D eigenvalue weighted by atomic mass is 10.0. The molecule has 130 valence electrons. The smallest absolute Gasteiger partial charge is 0.335 e. The second-order valence-electron chi connectivity index (χ2n) is 7.27. The third-order valence-corrected chi connectivity index (χ3v) is 5.57. The summed E-state index contributed by atoms with van der Waals surface area (Å²) in [5, 5.41) is 9.00. The van der Waals surface area contributed by atoms with Crippen molar-refractivity contribution in [1.82, 2.24) is 9.80 Å². The van der Waals surface area contributed by atoms with Crippen molar-refractivity contribution >= 4 is 5.97 Å². The largest absolute Gasteiger partial charge is 0.478 e. The first kappa shape index (κ1) is 16.3. The predicted octanol–water partition coefficient (Wildman–Crippen LogP) is 3.09. The van der Waals surface area contributed by atoms with Gasteiger partial charge in [-0.25, -0.2) is 4.79 Å². The van der Waals surface area contributed by atoms with E-state index in [0.717, 1.165) is 32.1 Å².